The van der Waals surface area contributed by atoms with Crippen molar-refractivity contribution in [2.45, 2.75) is 13.8 Å². The number of hydrogen-bond donors (Lipinski definition) is 1. The molecular formula is C22H22N2O5. The normalized spacial score (nSPS) is 12.5. The van der Waals surface area contributed by atoms with Gasteiger partial charge in [-0.05, 0) is 49.2 Å². The lowest BCUT2D eigenvalue weighted by atomic mass is 10.1. The maximum Gasteiger partial charge on any atom is 0.273 e. The zero-order valence-electron chi connectivity index (χ0n) is 16.4. The van der Waals surface area contributed by atoms with Gasteiger partial charge in [-0.25, -0.2) is 0 Å². The fourth-order valence-corrected chi connectivity index (χ4v) is 3.01. The average Bonchev–Trinajstić information content (AvgIpc) is 3.24. The zero-order chi connectivity index (χ0) is 20.2. The number of aryl methyl sites for hydroxylation is 1. The van der Waals surface area contributed by atoms with Crippen molar-refractivity contribution >= 4 is 5.91 Å². The van der Waals surface area contributed by atoms with Crippen molar-refractivity contribution in [3.05, 3.63) is 59.3 Å². The standard InChI is InChI=1S/C22H22N2O5/c1-14-4-3-5-18(15(14)2)26-9-8-23-22(25)17-13-20(29-24-17)16-6-7-19-21(12-16)28-11-10-27-19/h3-7,12-13H,8-11H2,1-2H3,(H,23,25). The molecule has 1 N–H and O–H groups in total. The van der Waals surface area contributed by atoms with Crippen LogP contribution in [0.1, 0.15) is 21.6 Å². The molecule has 4 rings (SSSR count). The SMILES string of the molecule is Cc1cccc(OCCNC(=O)c2cc(-c3ccc4c(c3)OCCO4)on2)c1C. The Balaban J connectivity index is 1.33. The molecule has 1 aromatic heterocycles. The molecular weight excluding hydrogens is 372 g/mol. The van der Waals surface area contributed by atoms with E-state index in [-0.39, 0.29) is 11.6 Å². The van der Waals surface area contributed by atoms with Crippen LogP contribution in [0.3, 0.4) is 0 Å². The number of amides is 1. The van der Waals surface area contributed by atoms with Gasteiger partial charge in [-0.1, -0.05) is 17.3 Å². The Morgan fingerprint density at radius 2 is 1.93 bits per heavy atom. The minimum atomic E-state index is -0.317. The van der Waals surface area contributed by atoms with Gasteiger partial charge >= 0.3 is 0 Å². The summed E-state index contributed by atoms with van der Waals surface area (Å²) in [6.07, 6.45) is 0. The number of carbonyl (C=O) groups is 1. The van der Waals surface area contributed by atoms with Gasteiger partial charge in [0.25, 0.3) is 5.91 Å². The van der Waals surface area contributed by atoms with Crippen LogP contribution >= 0.6 is 0 Å². The predicted molar refractivity (Wildman–Crippen MR) is 107 cm³/mol. The van der Waals surface area contributed by atoms with Crippen LogP contribution in [0.25, 0.3) is 11.3 Å². The van der Waals surface area contributed by atoms with E-state index in [9.17, 15) is 4.79 Å². The van der Waals surface area contributed by atoms with Gasteiger partial charge in [0, 0.05) is 11.6 Å². The van der Waals surface area contributed by atoms with Gasteiger partial charge in [-0.2, -0.15) is 0 Å². The summed E-state index contributed by atoms with van der Waals surface area (Å²) in [5, 5.41) is 6.65. The largest absolute Gasteiger partial charge is 0.491 e. The maximum absolute atomic E-state index is 12.3. The molecule has 2 aromatic carbocycles. The molecule has 1 aliphatic rings. The van der Waals surface area contributed by atoms with Crippen LogP contribution in [0.15, 0.2) is 47.0 Å². The summed E-state index contributed by atoms with van der Waals surface area (Å²) in [6, 6.07) is 13.0. The lowest BCUT2D eigenvalue weighted by molar-refractivity contribution is 0.0938. The number of benzene rings is 2. The van der Waals surface area contributed by atoms with E-state index in [4.69, 9.17) is 18.7 Å². The van der Waals surface area contributed by atoms with Crippen molar-refractivity contribution in [1.29, 1.82) is 0 Å². The number of ether oxygens (including phenoxy) is 3. The van der Waals surface area contributed by atoms with Gasteiger partial charge < -0.3 is 24.1 Å². The third kappa shape index (κ3) is 4.18. The van der Waals surface area contributed by atoms with Crippen molar-refractivity contribution in [2.24, 2.45) is 0 Å². The molecule has 7 heteroatoms. The molecule has 29 heavy (non-hydrogen) atoms. The molecule has 0 atom stereocenters. The Morgan fingerprint density at radius 3 is 2.79 bits per heavy atom. The van der Waals surface area contributed by atoms with E-state index in [0.717, 1.165) is 16.9 Å². The third-order valence-corrected chi connectivity index (χ3v) is 4.77. The fourth-order valence-electron chi connectivity index (χ4n) is 3.01. The molecule has 3 aromatic rings. The minimum absolute atomic E-state index is 0.210. The summed E-state index contributed by atoms with van der Waals surface area (Å²) in [6.45, 7) is 5.81. The highest BCUT2D eigenvalue weighted by Gasteiger charge is 2.17. The van der Waals surface area contributed by atoms with Crippen LogP contribution in [0.5, 0.6) is 17.2 Å². The third-order valence-electron chi connectivity index (χ3n) is 4.77. The first-order chi connectivity index (χ1) is 14.1. The fraction of sp³-hybridized carbons (Fsp3) is 0.273. The summed E-state index contributed by atoms with van der Waals surface area (Å²) in [5.41, 5.74) is 3.24. The Labute approximate surface area is 168 Å². The highest BCUT2D eigenvalue weighted by molar-refractivity contribution is 5.93. The summed E-state index contributed by atoms with van der Waals surface area (Å²) in [7, 11) is 0. The van der Waals surface area contributed by atoms with Crippen molar-refractivity contribution in [3.63, 3.8) is 0 Å². The number of rotatable bonds is 6. The summed E-state index contributed by atoms with van der Waals surface area (Å²) >= 11 is 0. The number of nitrogens with zero attached hydrogens (tertiary/aromatic N) is 1. The lowest BCUT2D eigenvalue weighted by Crippen LogP contribution is -2.28. The molecule has 0 saturated carbocycles. The number of carbonyl (C=O) groups excluding carboxylic acids is 1. The Hall–Kier alpha value is -3.48. The van der Waals surface area contributed by atoms with E-state index in [2.05, 4.69) is 10.5 Å². The highest BCUT2D eigenvalue weighted by Crippen LogP contribution is 2.34. The van der Waals surface area contributed by atoms with Crippen LogP contribution in [0, 0.1) is 13.8 Å². The Kier molecular flexibility index (Phi) is 5.37. The second-order valence-corrected chi connectivity index (χ2v) is 6.74. The van der Waals surface area contributed by atoms with Crippen LogP contribution in [-0.2, 0) is 0 Å². The Bertz CT molecular complexity index is 1030. The first-order valence-electron chi connectivity index (χ1n) is 9.46. The molecule has 0 saturated heterocycles. The molecule has 2 heterocycles. The van der Waals surface area contributed by atoms with E-state index >= 15 is 0 Å². The lowest BCUT2D eigenvalue weighted by Gasteiger charge is -2.18. The van der Waals surface area contributed by atoms with Crippen molar-refractivity contribution in [3.8, 4) is 28.6 Å². The van der Waals surface area contributed by atoms with Gasteiger partial charge in [-0.15, -0.1) is 0 Å². The van der Waals surface area contributed by atoms with Gasteiger partial charge in [0.1, 0.15) is 25.6 Å². The number of hydrogen-bond acceptors (Lipinski definition) is 6. The minimum Gasteiger partial charge on any atom is -0.491 e. The molecule has 7 nitrogen and oxygen atoms in total. The summed E-state index contributed by atoms with van der Waals surface area (Å²) < 4.78 is 22.2. The van der Waals surface area contributed by atoms with Crippen LogP contribution in [-0.4, -0.2) is 37.4 Å². The molecule has 0 fully saturated rings. The second-order valence-electron chi connectivity index (χ2n) is 6.74. The molecule has 1 aliphatic heterocycles. The molecule has 0 aliphatic carbocycles. The molecule has 0 radical (unpaired) electrons. The maximum atomic E-state index is 12.3. The first kappa shape index (κ1) is 18.9. The zero-order valence-corrected chi connectivity index (χ0v) is 16.4. The molecule has 150 valence electrons. The van der Waals surface area contributed by atoms with Crippen LogP contribution in [0.2, 0.25) is 0 Å². The Morgan fingerprint density at radius 1 is 1.10 bits per heavy atom. The van der Waals surface area contributed by atoms with E-state index in [1.165, 1.54) is 5.56 Å². The smallest absolute Gasteiger partial charge is 0.273 e. The van der Waals surface area contributed by atoms with Gasteiger partial charge in [0.2, 0.25) is 0 Å². The van der Waals surface area contributed by atoms with Crippen molar-refractivity contribution in [1.82, 2.24) is 10.5 Å². The molecule has 0 unspecified atom stereocenters. The number of aromatic nitrogens is 1. The topological polar surface area (TPSA) is 82.8 Å². The highest BCUT2D eigenvalue weighted by atomic mass is 16.6. The molecule has 0 spiro atoms. The monoisotopic (exact) mass is 394 g/mol. The number of fused-ring (bicyclic) bond motifs is 1. The number of nitrogens with one attached hydrogen (secondary N) is 1. The molecule has 0 bridgehead atoms. The van der Waals surface area contributed by atoms with Gasteiger partial charge in [-0.3, -0.25) is 4.79 Å². The predicted octanol–water partition coefficient (Wildman–Crippen LogP) is 3.54. The summed E-state index contributed by atoms with van der Waals surface area (Å²) in [5.74, 6) is 2.34. The van der Waals surface area contributed by atoms with Gasteiger partial charge in [0.05, 0.1) is 6.54 Å². The quantitative estimate of drug-likeness (QED) is 0.644. The van der Waals surface area contributed by atoms with E-state index in [0.29, 0.717) is 43.6 Å². The molecule has 1 amide bonds. The van der Waals surface area contributed by atoms with E-state index < -0.39 is 0 Å². The van der Waals surface area contributed by atoms with Crippen molar-refractivity contribution in [2.75, 3.05) is 26.4 Å². The van der Waals surface area contributed by atoms with Crippen molar-refractivity contribution < 1.29 is 23.5 Å². The van der Waals surface area contributed by atoms with E-state index in [1.54, 1.807) is 6.07 Å². The second kappa shape index (κ2) is 8.26. The first-order valence-corrected chi connectivity index (χ1v) is 9.46. The summed E-state index contributed by atoms with van der Waals surface area (Å²) in [4.78, 5) is 12.3. The van der Waals surface area contributed by atoms with Gasteiger partial charge in [0.15, 0.2) is 23.0 Å². The average molecular weight is 394 g/mol. The van der Waals surface area contributed by atoms with Crippen LogP contribution in [0.4, 0.5) is 0 Å². The van der Waals surface area contributed by atoms with E-state index in [1.807, 2.05) is 50.2 Å². The van der Waals surface area contributed by atoms with Crippen LogP contribution < -0.4 is 19.5 Å².